The van der Waals surface area contributed by atoms with Crippen LogP contribution in [0.1, 0.15) is 68.7 Å². The topological polar surface area (TPSA) is 138 Å². The van der Waals surface area contributed by atoms with Crippen LogP contribution in [0.4, 0.5) is 5.82 Å². The van der Waals surface area contributed by atoms with E-state index in [1.807, 2.05) is 37.3 Å². The van der Waals surface area contributed by atoms with Gasteiger partial charge in [0.05, 0.1) is 29.4 Å². The fraction of sp³-hybridized carbons (Fsp3) is 0.265. The third-order valence-electron chi connectivity index (χ3n) is 8.35. The van der Waals surface area contributed by atoms with Gasteiger partial charge in [-0.25, -0.2) is 4.98 Å². The molecule has 0 aromatic carbocycles. The fourth-order valence-electron chi connectivity index (χ4n) is 5.88. The third kappa shape index (κ3) is 5.58. The van der Waals surface area contributed by atoms with E-state index in [1.165, 1.54) is 12.0 Å². The van der Waals surface area contributed by atoms with Gasteiger partial charge in [-0.3, -0.25) is 9.89 Å². The summed E-state index contributed by atoms with van der Waals surface area (Å²) in [5, 5.41) is 14.4. The molecule has 0 saturated heterocycles. The van der Waals surface area contributed by atoms with E-state index in [9.17, 15) is 4.79 Å². The Morgan fingerprint density at radius 1 is 1.14 bits per heavy atom. The summed E-state index contributed by atoms with van der Waals surface area (Å²) in [4.78, 5) is 21.6. The van der Waals surface area contributed by atoms with Crippen LogP contribution in [-0.4, -0.2) is 26.1 Å². The third-order valence-corrected chi connectivity index (χ3v) is 8.35. The molecular weight excluding hydrogens is 538 g/mol. The van der Waals surface area contributed by atoms with Crippen molar-refractivity contribution in [2.24, 2.45) is 11.7 Å². The van der Waals surface area contributed by atoms with Crippen molar-refractivity contribution in [3.05, 3.63) is 101 Å². The highest BCUT2D eigenvalue weighted by Gasteiger charge is 2.23. The number of nitrogens with two attached hydrogens (primary N) is 1. The van der Waals surface area contributed by atoms with Crippen LogP contribution >= 0.6 is 0 Å². The number of hydrogen-bond acceptors (Lipinski definition) is 6. The monoisotopic (exact) mass is 573 g/mol. The minimum Gasteiger partial charge on any atom is -0.472 e. The first-order valence-electron chi connectivity index (χ1n) is 15.0. The number of aromatic amines is 2. The Bertz CT molecular complexity index is 1830. The number of aromatic nitrogens is 4. The predicted octanol–water partition coefficient (Wildman–Crippen LogP) is 6.91. The standard InChI is InChI=1S/C34H35N7O2/c1-20-7-10-26(23-13-14-43-19-23)27-17-30(39-33(27)36-20)32-31-29(40-41-32)12-11-28(38-31)24(18-35)16-25(15-21-8-9-21)37-34(42)22-5-3-2-4-6-22/h7,10-19,22,36,39H,2-6,8-9,35H2,1H3,(H,37,42)(H,40,41)/b24-18+,25-16+. The second-order valence-electron chi connectivity index (χ2n) is 11.6. The summed E-state index contributed by atoms with van der Waals surface area (Å²) >= 11 is 0. The molecule has 0 unspecified atom stereocenters. The number of amides is 1. The van der Waals surface area contributed by atoms with Crippen LogP contribution in [0.2, 0.25) is 0 Å². The van der Waals surface area contributed by atoms with Gasteiger partial charge in [0.25, 0.3) is 0 Å². The van der Waals surface area contributed by atoms with Gasteiger partial charge in [-0.05, 0) is 80.7 Å². The van der Waals surface area contributed by atoms with Crippen LogP contribution in [0.3, 0.4) is 0 Å². The van der Waals surface area contributed by atoms with E-state index in [2.05, 4.69) is 44.0 Å². The molecule has 5 heterocycles. The Hall–Kier alpha value is -5.05. The number of fused-ring (bicyclic) bond motifs is 2. The molecule has 1 amide bonds. The van der Waals surface area contributed by atoms with Gasteiger partial charge in [-0.2, -0.15) is 5.10 Å². The zero-order chi connectivity index (χ0) is 29.3. The number of nitrogens with one attached hydrogen (secondary N) is 4. The molecule has 9 heteroatoms. The van der Waals surface area contributed by atoms with Crippen molar-refractivity contribution in [3.63, 3.8) is 0 Å². The van der Waals surface area contributed by atoms with Crippen molar-refractivity contribution in [1.29, 1.82) is 0 Å². The van der Waals surface area contributed by atoms with Crippen LogP contribution in [-0.2, 0) is 4.79 Å². The molecule has 0 atom stereocenters. The molecule has 2 fully saturated rings. The van der Waals surface area contributed by atoms with Gasteiger partial charge in [0.1, 0.15) is 17.0 Å². The highest BCUT2D eigenvalue weighted by Crippen LogP contribution is 2.37. The number of anilines is 1. The molecule has 43 heavy (non-hydrogen) atoms. The lowest BCUT2D eigenvalue weighted by molar-refractivity contribution is -0.125. The Morgan fingerprint density at radius 3 is 2.77 bits per heavy atom. The van der Waals surface area contributed by atoms with E-state index in [0.29, 0.717) is 11.4 Å². The number of H-pyrrole nitrogens is 2. The lowest BCUT2D eigenvalue weighted by atomic mass is 9.88. The van der Waals surface area contributed by atoms with Gasteiger partial charge in [-0.1, -0.05) is 30.9 Å². The first-order chi connectivity index (χ1) is 21.1. The molecule has 7 rings (SSSR count). The number of hydrogen-bond donors (Lipinski definition) is 5. The molecule has 4 aromatic heterocycles. The molecule has 4 aromatic rings. The predicted molar refractivity (Wildman–Crippen MR) is 169 cm³/mol. The number of pyridine rings is 1. The molecule has 0 spiro atoms. The van der Waals surface area contributed by atoms with Gasteiger partial charge in [-0.15, -0.1) is 0 Å². The van der Waals surface area contributed by atoms with Crippen molar-refractivity contribution >= 4 is 33.9 Å². The summed E-state index contributed by atoms with van der Waals surface area (Å²) < 4.78 is 5.37. The van der Waals surface area contributed by atoms with Gasteiger partial charge in [0.2, 0.25) is 5.91 Å². The van der Waals surface area contributed by atoms with Crippen LogP contribution in [0.25, 0.3) is 33.6 Å². The average Bonchev–Trinajstić information content (AvgIpc) is 3.37. The van der Waals surface area contributed by atoms with Crippen LogP contribution in [0.5, 0.6) is 0 Å². The van der Waals surface area contributed by atoms with E-state index in [-0.39, 0.29) is 11.8 Å². The molecule has 1 aliphatic heterocycles. The van der Waals surface area contributed by atoms with Crippen molar-refractivity contribution in [2.75, 3.05) is 5.32 Å². The molecule has 2 saturated carbocycles. The summed E-state index contributed by atoms with van der Waals surface area (Å²) in [6, 6.07) is 7.91. The van der Waals surface area contributed by atoms with Crippen molar-refractivity contribution in [1.82, 2.24) is 25.5 Å². The average molecular weight is 574 g/mol. The zero-order valence-corrected chi connectivity index (χ0v) is 24.2. The van der Waals surface area contributed by atoms with Gasteiger partial charge in [0, 0.05) is 40.2 Å². The molecule has 3 aliphatic rings. The van der Waals surface area contributed by atoms with Crippen LogP contribution in [0, 0.1) is 5.92 Å². The number of carbonyl (C=O) groups excluding carboxylic acids is 1. The normalized spacial score (nSPS) is 17.6. The van der Waals surface area contributed by atoms with Crippen molar-refractivity contribution in [2.45, 2.75) is 51.9 Å². The summed E-state index contributed by atoms with van der Waals surface area (Å²) in [5.74, 6) is 1.03. The maximum absolute atomic E-state index is 13.1. The van der Waals surface area contributed by atoms with Gasteiger partial charge < -0.3 is 25.8 Å². The maximum atomic E-state index is 13.1. The Morgan fingerprint density at radius 2 is 2.00 bits per heavy atom. The molecule has 0 bridgehead atoms. The quantitative estimate of drug-likeness (QED) is 0.152. The lowest BCUT2D eigenvalue weighted by Gasteiger charge is -2.21. The second-order valence-corrected chi connectivity index (χ2v) is 11.6. The van der Waals surface area contributed by atoms with Gasteiger partial charge >= 0.3 is 0 Å². The van der Waals surface area contributed by atoms with Gasteiger partial charge in [0.15, 0.2) is 0 Å². The number of rotatable bonds is 7. The minimum atomic E-state index is 0.0663. The highest BCUT2D eigenvalue weighted by molar-refractivity contribution is 5.95. The Labute approximate surface area is 249 Å². The molecule has 0 radical (unpaired) electrons. The minimum absolute atomic E-state index is 0.0663. The first kappa shape index (κ1) is 26.8. The smallest absolute Gasteiger partial charge is 0.227 e. The number of carbonyl (C=O) groups is 1. The SMILES string of the molecule is CC1=CC=C(c2ccoc2)c2cc(-c3n[nH]c4ccc(C(/C=C(\C=C5CC5)NC(=O)C5CCCCC5)=C/N)nc34)[nH]c2N1. The van der Waals surface area contributed by atoms with Crippen molar-refractivity contribution in [3.8, 4) is 11.4 Å². The Balaban J connectivity index is 1.22. The summed E-state index contributed by atoms with van der Waals surface area (Å²) in [6.45, 7) is 2.02. The second kappa shape index (κ2) is 11.3. The van der Waals surface area contributed by atoms with E-state index in [1.54, 1.807) is 18.7 Å². The highest BCUT2D eigenvalue weighted by atomic mass is 16.3. The summed E-state index contributed by atoms with van der Waals surface area (Å²) in [7, 11) is 0. The zero-order valence-electron chi connectivity index (χ0n) is 24.2. The summed E-state index contributed by atoms with van der Waals surface area (Å²) in [5.41, 5.74) is 16.8. The summed E-state index contributed by atoms with van der Waals surface area (Å²) in [6.07, 6.45) is 20.5. The largest absolute Gasteiger partial charge is 0.472 e. The van der Waals surface area contributed by atoms with Crippen LogP contribution < -0.4 is 16.4 Å². The molecule has 9 nitrogen and oxygen atoms in total. The molecule has 6 N–H and O–H groups in total. The molecular formula is C34H35N7O2. The fourth-order valence-corrected chi connectivity index (χ4v) is 5.88. The number of nitrogens with zero attached hydrogens (tertiary/aromatic N) is 2. The number of allylic oxidation sites excluding steroid dienone is 7. The molecule has 2 aliphatic carbocycles. The van der Waals surface area contributed by atoms with E-state index < -0.39 is 0 Å². The Kier molecular flexibility index (Phi) is 7.06. The van der Waals surface area contributed by atoms with E-state index >= 15 is 0 Å². The maximum Gasteiger partial charge on any atom is 0.227 e. The van der Waals surface area contributed by atoms with E-state index in [0.717, 1.165) is 94.7 Å². The molecule has 218 valence electrons. The van der Waals surface area contributed by atoms with Crippen LogP contribution in [0.15, 0.2) is 88.7 Å². The van der Waals surface area contributed by atoms with E-state index in [4.69, 9.17) is 15.1 Å². The number of furan rings is 1. The van der Waals surface area contributed by atoms with Crippen molar-refractivity contribution < 1.29 is 9.21 Å². The lowest BCUT2D eigenvalue weighted by Crippen LogP contribution is -2.31. The first-order valence-corrected chi connectivity index (χ1v) is 15.0.